The Bertz CT molecular complexity index is 678. The van der Waals surface area contributed by atoms with Crippen LogP contribution in [-0.4, -0.2) is 49.7 Å². The summed E-state index contributed by atoms with van der Waals surface area (Å²) in [4.78, 5) is 25.7. The number of amides is 2. The number of carbonyl (C=O) groups is 2. The van der Waals surface area contributed by atoms with E-state index in [4.69, 9.17) is 0 Å². The van der Waals surface area contributed by atoms with Crippen LogP contribution in [0.3, 0.4) is 0 Å². The Morgan fingerprint density at radius 2 is 1.67 bits per heavy atom. The molecule has 1 fully saturated rings. The van der Waals surface area contributed by atoms with Gasteiger partial charge in [0.25, 0.3) is 0 Å². The molecule has 1 saturated heterocycles. The molecule has 24 heavy (non-hydrogen) atoms. The first-order valence-electron chi connectivity index (χ1n) is 8.08. The molecule has 2 rings (SSSR count). The number of sulfone groups is 1. The first kappa shape index (κ1) is 18.4. The van der Waals surface area contributed by atoms with Crippen LogP contribution in [0.25, 0.3) is 0 Å². The van der Waals surface area contributed by atoms with Crippen molar-refractivity contribution >= 4 is 27.3 Å². The zero-order valence-electron chi connectivity index (χ0n) is 14.1. The highest BCUT2D eigenvalue weighted by atomic mass is 32.2. The van der Waals surface area contributed by atoms with Crippen molar-refractivity contribution in [2.75, 3.05) is 29.9 Å². The van der Waals surface area contributed by atoms with Crippen molar-refractivity contribution < 1.29 is 18.0 Å². The Kier molecular flexibility index (Phi) is 5.99. The van der Waals surface area contributed by atoms with E-state index in [1.54, 1.807) is 35.2 Å². The van der Waals surface area contributed by atoms with Crippen LogP contribution in [0.5, 0.6) is 0 Å². The lowest BCUT2D eigenvalue weighted by Gasteiger charge is -2.34. The third-order valence-corrected chi connectivity index (χ3v) is 5.36. The van der Waals surface area contributed by atoms with E-state index >= 15 is 0 Å². The van der Waals surface area contributed by atoms with Crippen LogP contribution in [0, 0.1) is 11.8 Å². The van der Waals surface area contributed by atoms with Gasteiger partial charge in [0, 0.05) is 18.8 Å². The fourth-order valence-corrected chi connectivity index (χ4v) is 4.25. The van der Waals surface area contributed by atoms with Crippen LogP contribution in [0.1, 0.15) is 20.3 Å². The lowest BCUT2D eigenvalue weighted by Crippen LogP contribution is -2.45. The second-order valence-electron chi connectivity index (χ2n) is 6.69. The second-order valence-corrected chi connectivity index (χ2v) is 8.76. The van der Waals surface area contributed by atoms with E-state index in [2.05, 4.69) is 19.2 Å². The van der Waals surface area contributed by atoms with Gasteiger partial charge in [0.05, 0.1) is 0 Å². The summed E-state index contributed by atoms with van der Waals surface area (Å²) in [5.41, 5.74) is 0.530. The molecule has 1 N–H and O–H groups in total. The molecule has 132 valence electrons. The van der Waals surface area contributed by atoms with Crippen molar-refractivity contribution in [1.29, 1.82) is 0 Å². The van der Waals surface area contributed by atoms with E-state index < -0.39 is 33.2 Å². The van der Waals surface area contributed by atoms with Crippen LogP contribution >= 0.6 is 0 Å². The number of piperidine rings is 1. The first-order chi connectivity index (χ1) is 11.2. The molecular weight excluding hydrogens is 328 g/mol. The fraction of sp³-hybridized carbons (Fsp3) is 0.529. The Morgan fingerprint density at radius 1 is 1.08 bits per heavy atom. The van der Waals surface area contributed by atoms with Crippen molar-refractivity contribution in [3.8, 4) is 0 Å². The maximum atomic E-state index is 12.3. The molecule has 0 bridgehead atoms. The van der Waals surface area contributed by atoms with Gasteiger partial charge < -0.3 is 10.2 Å². The van der Waals surface area contributed by atoms with E-state index in [0.717, 1.165) is 6.42 Å². The number of hydrogen-bond acceptors (Lipinski definition) is 4. The number of likely N-dealkylation sites (tertiary alicyclic amines) is 1. The molecular formula is C17H24N2O4S. The predicted molar refractivity (Wildman–Crippen MR) is 93.3 cm³/mol. The molecule has 0 saturated carbocycles. The largest absolute Gasteiger partial charge is 0.341 e. The lowest BCUT2D eigenvalue weighted by molar-refractivity contribution is -0.131. The third-order valence-electron chi connectivity index (χ3n) is 3.97. The number of carbonyl (C=O) groups excluding carboxylic acids is 2. The van der Waals surface area contributed by atoms with Crippen LogP contribution < -0.4 is 5.32 Å². The Balaban J connectivity index is 1.90. The molecule has 0 radical (unpaired) electrons. The Labute approximate surface area is 143 Å². The smallest absolute Gasteiger partial charge is 0.239 e. The van der Waals surface area contributed by atoms with Crippen molar-refractivity contribution in [3.63, 3.8) is 0 Å². The molecule has 1 aromatic carbocycles. The Hall–Kier alpha value is -1.89. The maximum absolute atomic E-state index is 12.3. The van der Waals surface area contributed by atoms with Gasteiger partial charge in [0.1, 0.15) is 11.5 Å². The zero-order chi connectivity index (χ0) is 17.7. The number of nitrogens with zero attached hydrogens (tertiary/aromatic N) is 1. The fourth-order valence-electron chi connectivity index (χ4n) is 3.12. The van der Waals surface area contributed by atoms with Gasteiger partial charge in [-0.2, -0.15) is 0 Å². The quantitative estimate of drug-likeness (QED) is 0.871. The van der Waals surface area contributed by atoms with E-state index in [1.165, 1.54) is 0 Å². The van der Waals surface area contributed by atoms with Gasteiger partial charge in [-0.25, -0.2) is 8.42 Å². The molecule has 0 aromatic heterocycles. The number of benzene rings is 1. The van der Waals surface area contributed by atoms with Crippen LogP contribution in [0.4, 0.5) is 5.69 Å². The molecule has 1 heterocycles. The maximum Gasteiger partial charge on any atom is 0.239 e. The standard InChI is InChI=1S/C17H24N2O4S/c1-13-8-14(2)10-19(9-13)17(21)12-24(22,23)11-16(20)18-15-6-4-3-5-7-15/h3-7,13-14H,8-12H2,1-2H3,(H,18,20). The van der Waals surface area contributed by atoms with E-state index in [0.29, 0.717) is 30.6 Å². The SMILES string of the molecule is CC1CC(C)CN(C(=O)CS(=O)(=O)CC(=O)Nc2ccccc2)C1. The van der Waals surface area contributed by atoms with Crippen molar-refractivity contribution in [2.45, 2.75) is 20.3 Å². The van der Waals surface area contributed by atoms with Crippen molar-refractivity contribution in [3.05, 3.63) is 30.3 Å². The molecule has 1 aliphatic heterocycles. The topological polar surface area (TPSA) is 83.6 Å². The van der Waals surface area contributed by atoms with Crippen molar-refractivity contribution in [1.82, 2.24) is 4.90 Å². The van der Waals surface area contributed by atoms with E-state index in [1.807, 2.05) is 0 Å². The average molecular weight is 352 g/mol. The Morgan fingerprint density at radius 3 is 2.25 bits per heavy atom. The number of rotatable bonds is 5. The summed E-state index contributed by atoms with van der Waals surface area (Å²) < 4.78 is 24.3. The van der Waals surface area contributed by atoms with Gasteiger partial charge in [-0.05, 0) is 30.4 Å². The lowest BCUT2D eigenvalue weighted by atomic mass is 9.92. The number of hydrogen-bond donors (Lipinski definition) is 1. The number of anilines is 1. The number of para-hydroxylation sites is 1. The van der Waals surface area contributed by atoms with Gasteiger partial charge in [0.2, 0.25) is 11.8 Å². The minimum atomic E-state index is -3.79. The van der Waals surface area contributed by atoms with Crippen LogP contribution in [-0.2, 0) is 19.4 Å². The van der Waals surface area contributed by atoms with Gasteiger partial charge in [-0.3, -0.25) is 9.59 Å². The summed E-state index contributed by atoms with van der Waals surface area (Å²) in [6, 6.07) is 8.63. The summed E-state index contributed by atoms with van der Waals surface area (Å²) in [6.07, 6.45) is 1.04. The highest BCUT2D eigenvalue weighted by Crippen LogP contribution is 2.21. The van der Waals surface area contributed by atoms with Gasteiger partial charge in [0.15, 0.2) is 9.84 Å². The molecule has 1 aromatic rings. The molecule has 0 spiro atoms. The minimum Gasteiger partial charge on any atom is -0.341 e. The monoisotopic (exact) mass is 352 g/mol. The summed E-state index contributed by atoms with van der Waals surface area (Å²) in [7, 11) is -3.79. The van der Waals surface area contributed by atoms with E-state index in [9.17, 15) is 18.0 Å². The molecule has 2 unspecified atom stereocenters. The molecule has 1 aliphatic rings. The highest BCUT2D eigenvalue weighted by Gasteiger charge is 2.29. The normalized spacial score (nSPS) is 21.3. The first-order valence-corrected chi connectivity index (χ1v) is 9.90. The number of nitrogens with one attached hydrogen (secondary N) is 1. The van der Waals surface area contributed by atoms with Crippen LogP contribution in [0.2, 0.25) is 0 Å². The van der Waals surface area contributed by atoms with Gasteiger partial charge in [-0.15, -0.1) is 0 Å². The molecule has 2 atom stereocenters. The minimum absolute atomic E-state index is 0.363. The van der Waals surface area contributed by atoms with Crippen molar-refractivity contribution in [2.24, 2.45) is 11.8 Å². The summed E-state index contributed by atoms with van der Waals surface area (Å²) >= 11 is 0. The third kappa shape index (κ3) is 5.63. The summed E-state index contributed by atoms with van der Waals surface area (Å²) in [5, 5.41) is 2.52. The second kappa shape index (κ2) is 7.79. The molecule has 0 aliphatic carbocycles. The van der Waals surface area contributed by atoms with Gasteiger partial charge >= 0.3 is 0 Å². The van der Waals surface area contributed by atoms with Gasteiger partial charge in [-0.1, -0.05) is 32.0 Å². The predicted octanol–water partition coefficient (Wildman–Crippen LogP) is 1.54. The summed E-state index contributed by atoms with van der Waals surface area (Å²) in [5.74, 6) is -1.62. The summed E-state index contributed by atoms with van der Waals surface area (Å²) in [6.45, 7) is 5.26. The molecule has 2 amide bonds. The average Bonchev–Trinajstić information content (AvgIpc) is 2.45. The van der Waals surface area contributed by atoms with E-state index in [-0.39, 0.29) is 0 Å². The molecule has 7 heteroatoms. The highest BCUT2D eigenvalue weighted by molar-refractivity contribution is 7.92. The van der Waals surface area contributed by atoms with Crippen LogP contribution in [0.15, 0.2) is 30.3 Å². The zero-order valence-corrected chi connectivity index (χ0v) is 14.9. The molecule has 6 nitrogen and oxygen atoms in total.